The van der Waals surface area contributed by atoms with Gasteiger partial charge in [-0.05, 0) is 63.4 Å². The average molecular weight is 344 g/mol. The summed E-state index contributed by atoms with van der Waals surface area (Å²) in [6.45, 7) is 0. The van der Waals surface area contributed by atoms with Crippen LogP contribution >= 0.6 is 0 Å². The zero-order chi connectivity index (χ0) is 17.8. The van der Waals surface area contributed by atoms with Crippen LogP contribution in [0.1, 0.15) is 24.0 Å². The quantitative estimate of drug-likeness (QED) is 0.364. The van der Waals surface area contributed by atoms with Crippen LogP contribution in [-0.2, 0) is 5.41 Å². The van der Waals surface area contributed by atoms with Crippen LogP contribution < -0.4 is 0 Å². The molecule has 0 atom stereocenters. The lowest BCUT2D eigenvalue weighted by Gasteiger charge is -2.11. The second-order valence-electron chi connectivity index (χ2n) is 7.83. The highest BCUT2D eigenvalue weighted by molar-refractivity contribution is 5.86. The molecular weight excluding hydrogens is 324 g/mol. The van der Waals surface area contributed by atoms with Crippen molar-refractivity contribution in [3.8, 4) is 33.4 Å². The van der Waals surface area contributed by atoms with Crippen LogP contribution in [-0.4, -0.2) is 0 Å². The summed E-state index contributed by atoms with van der Waals surface area (Å²) in [6.07, 6.45) is 2.59. The summed E-state index contributed by atoms with van der Waals surface area (Å²) >= 11 is 0. The van der Waals surface area contributed by atoms with E-state index in [2.05, 4.69) is 97.1 Å². The van der Waals surface area contributed by atoms with Gasteiger partial charge in [-0.3, -0.25) is 0 Å². The Morgan fingerprint density at radius 2 is 1.00 bits per heavy atom. The van der Waals surface area contributed by atoms with Gasteiger partial charge in [0.05, 0.1) is 0 Å². The van der Waals surface area contributed by atoms with Gasteiger partial charge in [-0.1, -0.05) is 91.0 Å². The Kier molecular flexibility index (Phi) is 3.02. The first-order chi connectivity index (χ1) is 13.4. The van der Waals surface area contributed by atoms with Crippen molar-refractivity contribution < 1.29 is 0 Å². The minimum Gasteiger partial charge on any atom is -0.0622 e. The molecule has 0 amide bonds. The second-order valence-corrected chi connectivity index (χ2v) is 7.83. The molecule has 1 saturated carbocycles. The number of hydrogen-bond acceptors (Lipinski definition) is 0. The Labute approximate surface area is 160 Å². The van der Waals surface area contributed by atoms with Crippen LogP contribution in [0.25, 0.3) is 33.4 Å². The predicted octanol–water partition coefficient (Wildman–Crippen LogP) is 7.08. The summed E-state index contributed by atoms with van der Waals surface area (Å²) in [4.78, 5) is 0. The highest BCUT2D eigenvalue weighted by Crippen LogP contribution is 2.62. The molecule has 0 bridgehead atoms. The third-order valence-electron chi connectivity index (χ3n) is 6.34. The molecule has 1 spiro atoms. The van der Waals surface area contributed by atoms with Crippen LogP contribution in [0.5, 0.6) is 0 Å². The lowest BCUT2D eigenvalue weighted by atomic mass is 9.92. The first-order valence-corrected chi connectivity index (χ1v) is 9.75. The topological polar surface area (TPSA) is 0 Å². The average Bonchev–Trinajstić information content (AvgIpc) is 3.51. The molecule has 4 aromatic rings. The molecule has 6 rings (SSSR count). The van der Waals surface area contributed by atoms with E-state index in [-0.39, 0.29) is 0 Å². The fourth-order valence-electron chi connectivity index (χ4n) is 4.79. The van der Waals surface area contributed by atoms with Crippen LogP contribution in [0.15, 0.2) is 97.1 Å². The van der Waals surface area contributed by atoms with E-state index in [0.717, 1.165) is 0 Å². The molecule has 2 aliphatic carbocycles. The van der Waals surface area contributed by atoms with Crippen molar-refractivity contribution in [3.05, 3.63) is 108 Å². The zero-order valence-electron chi connectivity index (χ0n) is 15.2. The van der Waals surface area contributed by atoms with E-state index in [1.165, 1.54) is 57.3 Å². The first-order valence-electron chi connectivity index (χ1n) is 9.75. The molecule has 0 radical (unpaired) electrons. The minimum atomic E-state index is 0.321. The third kappa shape index (κ3) is 2.16. The standard InChI is InChI=1S/C27H20/c1-2-6-19(7-3-1)20-10-12-21(13-11-20)22-14-15-26-24(18-22)23-8-4-5-9-25(23)27(26)16-17-27/h1-15,18H,16-17H2. The van der Waals surface area contributed by atoms with E-state index in [1.807, 2.05) is 0 Å². The van der Waals surface area contributed by atoms with Crippen molar-refractivity contribution in [1.29, 1.82) is 0 Å². The molecule has 27 heavy (non-hydrogen) atoms. The van der Waals surface area contributed by atoms with E-state index >= 15 is 0 Å². The molecule has 0 heterocycles. The molecule has 0 aliphatic heterocycles. The van der Waals surface area contributed by atoms with Gasteiger partial charge in [0.2, 0.25) is 0 Å². The summed E-state index contributed by atoms with van der Waals surface area (Å²) in [7, 11) is 0. The minimum absolute atomic E-state index is 0.321. The van der Waals surface area contributed by atoms with E-state index in [9.17, 15) is 0 Å². The van der Waals surface area contributed by atoms with Crippen LogP contribution in [0, 0.1) is 0 Å². The van der Waals surface area contributed by atoms with Gasteiger partial charge in [0.25, 0.3) is 0 Å². The van der Waals surface area contributed by atoms with Crippen molar-refractivity contribution >= 4 is 0 Å². The van der Waals surface area contributed by atoms with Gasteiger partial charge in [-0.25, -0.2) is 0 Å². The predicted molar refractivity (Wildman–Crippen MR) is 113 cm³/mol. The van der Waals surface area contributed by atoms with Gasteiger partial charge in [-0.2, -0.15) is 0 Å². The van der Waals surface area contributed by atoms with Crippen molar-refractivity contribution in [2.75, 3.05) is 0 Å². The molecule has 2 aliphatic rings. The largest absolute Gasteiger partial charge is 0.0622 e. The van der Waals surface area contributed by atoms with Crippen molar-refractivity contribution in [2.45, 2.75) is 18.3 Å². The Hall–Kier alpha value is -3.12. The molecule has 4 aromatic carbocycles. The normalized spacial score (nSPS) is 15.4. The second kappa shape index (κ2) is 5.44. The monoisotopic (exact) mass is 344 g/mol. The summed E-state index contributed by atoms with van der Waals surface area (Å²) < 4.78 is 0. The zero-order valence-corrected chi connectivity index (χ0v) is 15.2. The van der Waals surface area contributed by atoms with Gasteiger partial charge in [0.15, 0.2) is 0 Å². The number of hydrogen-bond donors (Lipinski definition) is 0. The maximum atomic E-state index is 2.40. The maximum absolute atomic E-state index is 2.40. The summed E-state index contributed by atoms with van der Waals surface area (Å²) in [5, 5.41) is 0. The van der Waals surface area contributed by atoms with Gasteiger partial charge in [0, 0.05) is 5.41 Å². The maximum Gasteiger partial charge on any atom is 0.0216 e. The van der Waals surface area contributed by atoms with Gasteiger partial charge in [0.1, 0.15) is 0 Å². The molecule has 0 nitrogen and oxygen atoms in total. The first kappa shape index (κ1) is 15.0. The van der Waals surface area contributed by atoms with Gasteiger partial charge >= 0.3 is 0 Å². The number of benzene rings is 4. The highest BCUT2D eigenvalue weighted by atomic mass is 14.5. The van der Waals surface area contributed by atoms with Crippen molar-refractivity contribution in [2.24, 2.45) is 0 Å². The molecule has 0 unspecified atom stereocenters. The lowest BCUT2D eigenvalue weighted by molar-refractivity contribution is 0.879. The Balaban J connectivity index is 1.43. The SMILES string of the molecule is c1ccc(-c2ccc(-c3ccc4c(c3)-c3ccccc3C43CC3)cc2)cc1. The van der Waals surface area contributed by atoms with E-state index in [0.29, 0.717) is 5.41 Å². The molecule has 0 aromatic heterocycles. The Morgan fingerprint density at radius 1 is 0.444 bits per heavy atom. The smallest absolute Gasteiger partial charge is 0.0216 e. The van der Waals surface area contributed by atoms with E-state index in [1.54, 1.807) is 0 Å². The summed E-state index contributed by atoms with van der Waals surface area (Å²) in [6, 6.07) is 35.6. The summed E-state index contributed by atoms with van der Waals surface area (Å²) in [5.41, 5.74) is 11.4. The molecule has 128 valence electrons. The number of fused-ring (bicyclic) bond motifs is 5. The number of rotatable bonds is 2. The van der Waals surface area contributed by atoms with Crippen molar-refractivity contribution in [3.63, 3.8) is 0 Å². The lowest BCUT2D eigenvalue weighted by Crippen LogP contribution is -2.02. The highest BCUT2D eigenvalue weighted by Gasteiger charge is 2.51. The summed E-state index contributed by atoms with van der Waals surface area (Å²) in [5.74, 6) is 0. The van der Waals surface area contributed by atoms with E-state index < -0.39 is 0 Å². The Bertz CT molecular complexity index is 1150. The van der Waals surface area contributed by atoms with E-state index in [4.69, 9.17) is 0 Å². The molecular formula is C27H20. The Morgan fingerprint density at radius 3 is 1.74 bits per heavy atom. The molecule has 1 fully saturated rings. The van der Waals surface area contributed by atoms with Gasteiger partial charge < -0.3 is 0 Å². The fraction of sp³-hybridized carbons (Fsp3) is 0.111. The molecule has 0 N–H and O–H groups in total. The molecule has 0 saturated heterocycles. The fourth-order valence-corrected chi connectivity index (χ4v) is 4.79. The third-order valence-corrected chi connectivity index (χ3v) is 6.34. The van der Waals surface area contributed by atoms with Crippen LogP contribution in [0.2, 0.25) is 0 Å². The van der Waals surface area contributed by atoms with Crippen molar-refractivity contribution in [1.82, 2.24) is 0 Å². The molecule has 0 heteroatoms. The van der Waals surface area contributed by atoms with Crippen LogP contribution in [0.3, 0.4) is 0 Å². The van der Waals surface area contributed by atoms with Crippen LogP contribution in [0.4, 0.5) is 0 Å². The van der Waals surface area contributed by atoms with Gasteiger partial charge in [-0.15, -0.1) is 0 Å².